The molecular weight excluding hydrogens is 252 g/mol. The van der Waals surface area contributed by atoms with E-state index in [4.69, 9.17) is 5.11 Å². The lowest BCUT2D eigenvalue weighted by molar-refractivity contribution is -0.146. The molecule has 0 spiro atoms. The van der Waals surface area contributed by atoms with Crippen LogP contribution in [-0.4, -0.2) is 83.1 Å². The Kier molecular flexibility index (Phi) is 2.72. The van der Waals surface area contributed by atoms with Gasteiger partial charge in [-0.05, 0) is 0 Å². The first-order chi connectivity index (χ1) is 9.06. The van der Waals surface area contributed by atoms with Crippen molar-refractivity contribution in [2.24, 2.45) is 5.92 Å². The number of carbonyl (C=O) groups excluding carboxylic acids is 2. The second-order valence-electron chi connectivity index (χ2n) is 5.20. The monoisotopic (exact) mass is 268 g/mol. The van der Waals surface area contributed by atoms with Gasteiger partial charge < -0.3 is 25.1 Å². The van der Waals surface area contributed by atoms with Crippen LogP contribution in [0.2, 0.25) is 0 Å². The van der Waals surface area contributed by atoms with Gasteiger partial charge in [0, 0.05) is 39.3 Å². The van der Waals surface area contributed by atoms with E-state index in [1.807, 2.05) is 0 Å². The smallest absolute Gasteiger partial charge is 0.320 e. The van der Waals surface area contributed by atoms with Crippen LogP contribution < -0.4 is 5.32 Å². The Morgan fingerprint density at radius 2 is 1.89 bits per heavy atom. The second-order valence-corrected chi connectivity index (χ2v) is 5.20. The first-order valence-corrected chi connectivity index (χ1v) is 6.37. The highest BCUT2D eigenvalue weighted by molar-refractivity contribution is 5.81. The molecule has 8 heteroatoms. The molecule has 3 aliphatic heterocycles. The Morgan fingerprint density at radius 3 is 2.58 bits per heavy atom. The summed E-state index contributed by atoms with van der Waals surface area (Å²) >= 11 is 0. The van der Waals surface area contributed by atoms with Gasteiger partial charge in [-0.1, -0.05) is 0 Å². The van der Waals surface area contributed by atoms with Gasteiger partial charge in [-0.15, -0.1) is 0 Å². The number of carbonyl (C=O) groups is 3. The van der Waals surface area contributed by atoms with Crippen molar-refractivity contribution in [1.82, 2.24) is 20.0 Å². The number of fused-ring (bicyclic) bond motifs is 1. The average molecular weight is 268 g/mol. The van der Waals surface area contributed by atoms with Crippen LogP contribution in [-0.2, 0) is 4.79 Å². The van der Waals surface area contributed by atoms with E-state index in [2.05, 4.69) is 5.32 Å². The predicted octanol–water partition coefficient (Wildman–Crippen LogP) is -1.17. The van der Waals surface area contributed by atoms with Crippen LogP contribution in [0.15, 0.2) is 0 Å². The SMILES string of the molecule is O=C(O)C1CN(C(=O)N2CCN3C(=O)NCC3C2)C1. The van der Waals surface area contributed by atoms with Gasteiger partial charge >= 0.3 is 18.0 Å². The maximum Gasteiger partial charge on any atom is 0.320 e. The summed E-state index contributed by atoms with van der Waals surface area (Å²) in [7, 11) is 0. The van der Waals surface area contributed by atoms with Gasteiger partial charge in [0.25, 0.3) is 0 Å². The molecule has 0 aliphatic carbocycles. The first-order valence-electron chi connectivity index (χ1n) is 6.37. The van der Waals surface area contributed by atoms with E-state index < -0.39 is 11.9 Å². The maximum absolute atomic E-state index is 12.2. The minimum Gasteiger partial charge on any atom is -0.481 e. The molecule has 0 saturated carbocycles. The van der Waals surface area contributed by atoms with E-state index >= 15 is 0 Å². The highest BCUT2D eigenvalue weighted by atomic mass is 16.4. The molecule has 0 bridgehead atoms. The molecule has 0 aromatic carbocycles. The van der Waals surface area contributed by atoms with Crippen LogP contribution in [0.1, 0.15) is 0 Å². The number of carboxylic acid groups (broad SMARTS) is 1. The zero-order chi connectivity index (χ0) is 13.6. The van der Waals surface area contributed by atoms with Crippen molar-refractivity contribution in [3.05, 3.63) is 0 Å². The predicted molar refractivity (Wildman–Crippen MR) is 63.6 cm³/mol. The lowest BCUT2D eigenvalue weighted by atomic mass is 10.0. The van der Waals surface area contributed by atoms with E-state index in [0.29, 0.717) is 26.2 Å². The summed E-state index contributed by atoms with van der Waals surface area (Å²) in [5.74, 6) is -1.28. The minimum atomic E-state index is -0.848. The molecule has 3 saturated heterocycles. The quantitative estimate of drug-likeness (QED) is 0.627. The summed E-state index contributed by atoms with van der Waals surface area (Å²) in [4.78, 5) is 39.3. The number of urea groups is 2. The van der Waals surface area contributed by atoms with Crippen LogP contribution in [0, 0.1) is 5.92 Å². The molecule has 8 nitrogen and oxygen atoms in total. The fourth-order valence-corrected chi connectivity index (χ4v) is 2.77. The van der Waals surface area contributed by atoms with E-state index in [1.165, 1.54) is 0 Å². The molecule has 3 heterocycles. The number of hydrogen-bond donors (Lipinski definition) is 2. The molecule has 1 unspecified atom stereocenters. The van der Waals surface area contributed by atoms with Crippen molar-refractivity contribution < 1.29 is 19.5 Å². The van der Waals surface area contributed by atoms with E-state index in [9.17, 15) is 14.4 Å². The van der Waals surface area contributed by atoms with Crippen LogP contribution >= 0.6 is 0 Å². The minimum absolute atomic E-state index is 0.0433. The van der Waals surface area contributed by atoms with E-state index in [0.717, 1.165) is 0 Å². The molecule has 3 rings (SSSR count). The van der Waals surface area contributed by atoms with E-state index in [1.54, 1.807) is 14.7 Å². The number of amides is 4. The highest BCUT2D eigenvalue weighted by Crippen LogP contribution is 2.20. The molecule has 2 N–H and O–H groups in total. The van der Waals surface area contributed by atoms with Crippen LogP contribution in [0.5, 0.6) is 0 Å². The highest BCUT2D eigenvalue weighted by Gasteiger charge is 2.41. The van der Waals surface area contributed by atoms with Crippen molar-refractivity contribution in [3.63, 3.8) is 0 Å². The molecule has 19 heavy (non-hydrogen) atoms. The van der Waals surface area contributed by atoms with Gasteiger partial charge in [0.05, 0.1) is 12.0 Å². The third-order valence-corrected chi connectivity index (χ3v) is 4.00. The Bertz CT molecular complexity index is 434. The molecule has 3 aliphatic rings. The number of likely N-dealkylation sites (tertiary alicyclic amines) is 1. The third kappa shape index (κ3) is 1.96. The van der Waals surface area contributed by atoms with Gasteiger partial charge in [0.1, 0.15) is 0 Å². The molecule has 3 fully saturated rings. The summed E-state index contributed by atoms with van der Waals surface area (Å²) in [6, 6.07) is -0.134. The van der Waals surface area contributed by atoms with Crippen LogP contribution in [0.25, 0.3) is 0 Å². The number of nitrogens with zero attached hydrogens (tertiary/aromatic N) is 3. The van der Waals surface area contributed by atoms with Gasteiger partial charge in [0.2, 0.25) is 0 Å². The van der Waals surface area contributed by atoms with Crippen LogP contribution in [0.3, 0.4) is 0 Å². The zero-order valence-electron chi connectivity index (χ0n) is 10.4. The Morgan fingerprint density at radius 1 is 1.16 bits per heavy atom. The van der Waals surface area contributed by atoms with Gasteiger partial charge in [-0.3, -0.25) is 4.79 Å². The molecule has 0 radical (unpaired) electrons. The summed E-state index contributed by atoms with van der Waals surface area (Å²) < 4.78 is 0. The van der Waals surface area contributed by atoms with Crippen molar-refractivity contribution in [3.8, 4) is 0 Å². The molecule has 0 aromatic rings. The Balaban J connectivity index is 1.55. The fraction of sp³-hybridized carbons (Fsp3) is 0.727. The number of rotatable bonds is 1. The largest absolute Gasteiger partial charge is 0.481 e. The summed E-state index contributed by atoms with van der Waals surface area (Å²) in [5, 5.41) is 11.5. The summed E-state index contributed by atoms with van der Waals surface area (Å²) in [6.07, 6.45) is 0. The molecule has 0 aromatic heterocycles. The first kappa shape index (κ1) is 12.1. The van der Waals surface area contributed by atoms with Crippen molar-refractivity contribution in [1.29, 1.82) is 0 Å². The fourth-order valence-electron chi connectivity index (χ4n) is 2.77. The van der Waals surface area contributed by atoms with Gasteiger partial charge in [-0.25, -0.2) is 9.59 Å². The zero-order valence-corrected chi connectivity index (χ0v) is 10.4. The average Bonchev–Trinajstić information content (AvgIpc) is 2.68. The van der Waals surface area contributed by atoms with Crippen molar-refractivity contribution >= 4 is 18.0 Å². The topological polar surface area (TPSA) is 93.2 Å². The summed E-state index contributed by atoms with van der Waals surface area (Å²) in [6.45, 7) is 2.72. The molecular formula is C11H16N4O4. The third-order valence-electron chi connectivity index (χ3n) is 4.00. The van der Waals surface area contributed by atoms with Gasteiger partial charge in [-0.2, -0.15) is 0 Å². The number of nitrogens with one attached hydrogen (secondary N) is 1. The maximum atomic E-state index is 12.2. The van der Waals surface area contributed by atoms with Crippen molar-refractivity contribution in [2.45, 2.75) is 6.04 Å². The number of piperazine rings is 1. The Labute approximate surface area is 109 Å². The lowest BCUT2D eigenvalue weighted by Crippen LogP contribution is -2.61. The normalized spacial score (nSPS) is 26.8. The molecule has 1 atom stereocenters. The Hall–Kier alpha value is -1.99. The number of aliphatic carboxylic acids is 1. The summed E-state index contributed by atoms with van der Waals surface area (Å²) in [5.41, 5.74) is 0. The standard InChI is InChI=1S/C11H16N4O4/c16-9(17)7-4-14(5-7)11(19)13-1-2-15-8(6-13)3-12-10(15)18/h7-8H,1-6H2,(H,12,18)(H,16,17). The molecule has 104 valence electrons. The number of hydrogen-bond acceptors (Lipinski definition) is 3. The van der Waals surface area contributed by atoms with Gasteiger partial charge in [0.15, 0.2) is 0 Å². The van der Waals surface area contributed by atoms with E-state index in [-0.39, 0.29) is 31.2 Å². The van der Waals surface area contributed by atoms with Crippen LogP contribution in [0.4, 0.5) is 9.59 Å². The molecule has 4 amide bonds. The lowest BCUT2D eigenvalue weighted by Gasteiger charge is -2.43. The second kappa shape index (κ2) is 4.29. The number of carboxylic acids is 1. The van der Waals surface area contributed by atoms with Crippen molar-refractivity contribution in [2.75, 3.05) is 39.3 Å².